The molecule has 7 heteroatoms. The van der Waals surface area contributed by atoms with Gasteiger partial charge in [-0.3, -0.25) is 4.79 Å². The second-order valence-corrected chi connectivity index (χ2v) is 4.84. The van der Waals surface area contributed by atoms with Crippen molar-refractivity contribution >= 4 is 40.1 Å². The summed E-state index contributed by atoms with van der Waals surface area (Å²) in [5.74, 6) is 0. The topological polar surface area (TPSA) is 77.6 Å². The van der Waals surface area contributed by atoms with E-state index in [4.69, 9.17) is 22.2 Å². The highest BCUT2D eigenvalue weighted by Crippen LogP contribution is 2.13. The predicted octanol–water partition coefficient (Wildman–Crippen LogP) is 2.41. The molecule has 0 amide bonds. The summed E-state index contributed by atoms with van der Waals surface area (Å²) in [5.41, 5.74) is 6.70. The number of hydrogen-bond donors (Lipinski definition) is 1. The van der Waals surface area contributed by atoms with Crippen molar-refractivity contribution in [2.24, 2.45) is 5.16 Å². The van der Waals surface area contributed by atoms with Gasteiger partial charge in [0.2, 0.25) is 0 Å². The third-order valence-electron chi connectivity index (χ3n) is 2.16. The normalized spacial score (nSPS) is 11.3. The molecule has 0 saturated heterocycles. The zero-order valence-corrected chi connectivity index (χ0v) is 11.2. The maximum atomic E-state index is 10.8. The molecule has 0 atom stereocenters. The summed E-state index contributed by atoms with van der Waals surface area (Å²) in [6.45, 7) is 0.224. The zero-order valence-electron chi connectivity index (χ0n) is 9.67. The van der Waals surface area contributed by atoms with E-state index >= 15 is 0 Å². The Balaban J connectivity index is 2.00. The van der Waals surface area contributed by atoms with Crippen molar-refractivity contribution in [3.8, 4) is 0 Å². The largest absolute Gasteiger partial charge is 0.390 e. The summed E-state index contributed by atoms with van der Waals surface area (Å²) in [6.07, 6.45) is 1.67. The van der Waals surface area contributed by atoms with Crippen LogP contribution in [0.25, 0.3) is 0 Å². The van der Waals surface area contributed by atoms with Crippen molar-refractivity contribution in [1.82, 2.24) is 4.98 Å². The van der Waals surface area contributed by atoms with Gasteiger partial charge in [-0.25, -0.2) is 4.98 Å². The first-order chi connectivity index (χ1) is 9.19. The number of benzene rings is 1. The number of nitrogens with two attached hydrogens (primary N) is 1. The number of halogens is 1. The van der Waals surface area contributed by atoms with Crippen molar-refractivity contribution in [3.63, 3.8) is 0 Å². The maximum Gasteiger partial charge on any atom is 0.259 e. The number of oxime groups is 1. The average molecular weight is 295 g/mol. The van der Waals surface area contributed by atoms with Crippen LogP contribution in [0.5, 0.6) is 0 Å². The number of hydrogen-bond acceptors (Lipinski definition) is 6. The highest BCUT2D eigenvalue weighted by Gasteiger charge is 2.08. The lowest BCUT2D eigenvalue weighted by Gasteiger charge is -2.00. The quantitative estimate of drug-likeness (QED) is 0.678. The van der Waals surface area contributed by atoms with Gasteiger partial charge in [-0.1, -0.05) is 28.9 Å². The number of nitrogens with zero attached hydrogens (tertiary/aromatic N) is 2. The molecule has 1 aromatic carbocycles. The van der Waals surface area contributed by atoms with E-state index in [1.54, 1.807) is 23.8 Å². The molecule has 1 heterocycles. The smallest absolute Gasteiger partial charge is 0.259 e. The van der Waals surface area contributed by atoms with Gasteiger partial charge in [-0.2, -0.15) is 0 Å². The van der Waals surface area contributed by atoms with Crippen molar-refractivity contribution in [3.05, 3.63) is 45.9 Å². The molecular formula is C12H9ClN3O2S. The molecule has 0 unspecified atom stereocenters. The fourth-order valence-electron chi connectivity index (χ4n) is 1.27. The SMILES string of the molecule is Nc1nc(C([C]=O)=NOCc2ccc(Cl)cc2)cs1. The summed E-state index contributed by atoms with van der Waals surface area (Å²) in [7, 11) is 0. The van der Waals surface area contributed by atoms with Crippen LogP contribution in [-0.4, -0.2) is 17.0 Å². The molecular weight excluding hydrogens is 286 g/mol. The highest BCUT2D eigenvalue weighted by atomic mass is 35.5. The van der Waals surface area contributed by atoms with Gasteiger partial charge in [-0.05, 0) is 17.7 Å². The molecule has 5 nitrogen and oxygen atoms in total. The molecule has 0 aliphatic rings. The molecule has 0 saturated carbocycles. The minimum absolute atomic E-state index is 0.0121. The second-order valence-electron chi connectivity index (χ2n) is 3.51. The van der Waals surface area contributed by atoms with Gasteiger partial charge >= 0.3 is 0 Å². The molecule has 0 spiro atoms. The lowest BCUT2D eigenvalue weighted by atomic mass is 10.2. The number of aromatic nitrogens is 1. The minimum atomic E-state index is -0.0121. The molecule has 0 aliphatic heterocycles. The minimum Gasteiger partial charge on any atom is -0.390 e. The Kier molecular flexibility index (Phi) is 4.48. The molecule has 0 aliphatic carbocycles. The van der Waals surface area contributed by atoms with E-state index in [-0.39, 0.29) is 12.3 Å². The van der Waals surface area contributed by atoms with E-state index in [0.29, 0.717) is 15.8 Å². The Morgan fingerprint density at radius 3 is 2.79 bits per heavy atom. The monoisotopic (exact) mass is 294 g/mol. The Hall–Kier alpha value is -1.92. The van der Waals surface area contributed by atoms with Gasteiger partial charge in [0.15, 0.2) is 10.8 Å². The van der Waals surface area contributed by atoms with Crippen LogP contribution in [0.2, 0.25) is 5.02 Å². The molecule has 97 valence electrons. The van der Waals surface area contributed by atoms with E-state index in [9.17, 15) is 4.79 Å². The third kappa shape index (κ3) is 3.77. The van der Waals surface area contributed by atoms with Crippen LogP contribution in [0.3, 0.4) is 0 Å². The van der Waals surface area contributed by atoms with E-state index in [1.807, 2.05) is 12.1 Å². The number of anilines is 1. The van der Waals surface area contributed by atoms with E-state index < -0.39 is 0 Å². The first-order valence-electron chi connectivity index (χ1n) is 5.23. The van der Waals surface area contributed by atoms with Crippen LogP contribution in [0, 0.1) is 0 Å². The fraction of sp³-hybridized carbons (Fsp3) is 0.0833. The van der Waals surface area contributed by atoms with Gasteiger partial charge in [0.05, 0.1) is 0 Å². The van der Waals surface area contributed by atoms with E-state index in [0.717, 1.165) is 5.56 Å². The highest BCUT2D eigenvalue weighted by molar-refractivity contribution is 7.13. The van der Waals surface area contributed by atoms with E-state index in [2.05, 4.69) is 10.1 Å². The van der Waals surface area contributed by atoms with Crippen LogP contribution in [-0.2, 0) is 16.2 Å². The van der Waals surface area contributed by atoms with Gasteiger partial charge in [0.1, 0.15) is 12.3 Å². The fourth-order valence-corrected chi connectivity index (χ4v) is 1.94. The number of nitrogen functional groups attached to an aromatic ring is 1. The summed E-state index contributed by atoms with van der Waals surface area (Å²) >= 11 is 6.98. The Morgan fingerprint density at radius 2 is 2.21 bits per heavy atom. The molecule has 0 bridgehead atoms. The number of carbonyl (C=O) groups excluding carboxylic acids is 1. The molecule has 2 N–H and O–H groups in total. The lowest BCUT2D eigenvalue weighted by molar-refractivity contribution is 0.131. The summed E-state index contributed by atoms with van der Waals surface area (Å²) in [5, 5.41) is 6.31. The summed E-state index contributed by atoms with van der Waals surface area (Å²) in [4.78, 5) is 19.8. The molecule has 1 radical (unpaired) electrons. The Bertz CT molecular complexity index is 595. The summed E-state index contributed by atoms with van der Waals surface area (Å²) in [6, 6.07) is 7.11. The van der Waals surface area contributed by atoms with Crippen molar-refractivity contribution < 1.29 is 9.63 Å². The van der Waals surface area contributed by atoms with Crippen LogP contribution in [0.4, 0.5) is 5.13 Å². The van der Waals surface area contributed by atoms with Gasteiger partial charge in [0, 0.05) is 10.4 Å². The zero-order chi connectivity index (χ0) is 13.7. The van der Waals surface area contributed by atoms with Crippen LogP contribution >= 0.6 is 22.9 Å². The molecule has 2 rings (SSSR count). The Morgan fingerprint density at radius 1 is 1.47 bits per heavy atom. The molecule has 0 fully saturated rings. The second kappa shape index (κ2) is 6.31. The van der Waals surface area contributed by atoms with Gasteiger partial charge < -0.3 is 10.6 Å². The van der Waals surface area contributed by atoms with Crippen molar-refractivity contribution in [1.29, 1.82) is 0 Å². The molecule has 2 aromatic rings. The molecule has 19 heavy (non-hydrogen) atoms. The van der Waals surface area contributed by atoms with E-state index in [1.165, 1.54) is 11.3 Å². The van der Waals surface area contributed by atoms with Crippen molar-refractivity contribution in [2.75, 3.05) is 5.73 Å². The van der Waals surface area contributed by atoms with Gasteiger partial charge in [-0.15, -0.1) is 11.3 Å². The summed E-state index contributed by atoms with van der Waals surface area (Å²) < 4.78 is 0. The number of thiazole rings is 1. The first-order valence-corrected chi connectivity index (χ1v) is 6.48. The maximum absolute atomic E-state index is 10.8. The number of rotatable bonds is 5. The van der Waals surface area contributed by atoms with Crippen LogP contribution in [0.1, 0.15) is 11.3 Å². The van der Waals surface area contributed by atoms with Crippen LogP contribution < -0.4 is 5.73 Å². The standard InChI is InChI=1S/C12H9ClN3O2S/c13-9-3-1-8(2-4-9)6-18-16-10(5-17)11-7-19-12(14)15-11/h1-4,7H,6H2,(H2,14,15). The molecule has 1 aromatic heterocycles. The lowest BCUT2D eigenvalue weighted by Crippen LogP contribution is -2.04. The average Bonchev–Trinajstić information content (AvgIpc) is 2.83. The van der Waals surface area contributed by atoms with Gasteiger partial charge in [0.25, 0.3) is 6.29 Å². The Labute approximate surface area is 118 Å². The predicted molar refractivity (Wildman–Crippen MR) is 75.0 cm³/mol. The van der Waals surface area contributed by atoms with Crippen molar-refractivity contribution in [2.45, 2.75) is 6.61 Å². The first kappa shape index (κ1) is 13.5. The third-order valence-corrected chi connectivity index (χ3v) is 3.09. The van der Waals surface area contributed by atoms with Crippen LogP contribution in [0.15, 0.2) is 34.8 Å².